The van der Waals surface area contributed by atoms with Crippen LogP contribution in [0.4, 0.5) is 0 Å². The van der Waals surface area contributed by atoms with Crippen molar-refractivity contribution in [2.24, 2.45) is 5.73 Å². The fourth-order valence-electron chi connectivity index (χ4n) is 2.72. The molecule has 0 aromatic carbocycles. The summed E-state index contributed by atoms with van der Waals surface area (Å²) in [4.78, 5) is 11.6. The number of aliphatic hydroxyl groups is 2. The van der Waals surface area contributed by atoms with E-state index in [-0.39, 0.29) is 12.6 Å². The average Bonchev–Trinajstić information content (AvgIpc) is 2.63. The van der Waals surface area contributed by atoms with Crippen LogP contribution in [0.1, 0.15) is 96.8 Å². The van der Waals surface area contributed by atoms with Gasteiger partial charge >= 0.3 is 5.97 Å². The molecule has 0 aliphatic heterocycles. The summed E-state index contributed by atoms with van der Waals surface area (Å²) < 4.78 is 5.01. The van der Waals surface area contributed by atoms with Gasteiger partial charge in [0.1, 0.15) is 6.61 Å². The Morgan fingerprint density at radius 3 is 1.60 bits per heavy atom. The second kappa shape index (κ2) is 16.8. The van der Waals surface area contributed by atoms with E-state index < -0.39 is 18.8 Å². The van der Waals surface area contributed by atoms with Gasteiger partial charge in [-0.05, 0) is 6.42 Å². The quantitative estimate of drug-likeness (QED) is 0.256. The van der Waals surface area contributed by atoms with Crippen molar-refractivity contribution in [2.45, 2.75) is 102 Å². The van der Waals surface area contributed by atoms with Gasteiger partial charge in [0.15, 0.2) is 0 Å². The molecule has 5 nitrogen and oxygen atoms in total. The van der Waals surface area contributed by atoms with Crippen LogP contribution in [0, 0.1) is 0 Å². The molecule has 0 saturated carbocycles. The van der Waals surface area contributed by atoms with Crippen molar-refractivity contribution in [1.82, 2.24) is 0 Å². The second-order valence-electron chi connectivity index (χ2n) is 7.33. The van der Waals surface area contributed by atoms with Gasteiger partial charge in [-0.25, -0.2) is 0 Å². The highest BCUT2D eigenvalue weighted by Crippen LogP contribution is 2.13. The van der Waals surface area contributed by atoms with Crippen LogP contribution in [0.3, 0.4) is 0 Å². The van der Waals surface area contributed by atoms with E-state index in [0.717, 1.165) is 19.3 Å². The van der Waals surface area contributed by atoms with E-state index >= 15 is 0 Å². The smallest absolute Gasteiger partial charge is 0.305 e. The van der Waals surface area contributed by atoms with Crippen molar-refractivity contribution < 1.29 is 19.7 Å². The Morgan fingerprint density at radius 1 is 0.800 bits per heavy atom. The minimum Gasteiger partial charge on any atom is -0.464 e. The van der Waals surface area contributed by atoms with Gasteiger partial charge in [0.2, 0.25) is 0 Å². The van der Waals surface area contributed by atoms with Crippen LogP contribution in [-0.2, 0) is 9.53 Å². The molecule has 0 fully saturated rings. The highest BCUT2D eigenvalue weighted by atomic mass is 16.5. The Balaban J connectivity index is 3.31. The van der Waals surface area contributed by atoms with Crippen LogP contribution in [0.15, 0.2) is 0 Å². The van der Waals surface area contributed by atoms with Crippen LogP contribution in [0.2, 0.25) is 0 Å². The third kappa shape index (κ3) is 15.3. The number of hydrogen-bond acceptors (Lipinski definition) is 5. The topological polar surface area (TPSA) is 92.8 Å². The summed E-state index contributed by atoms with van der Waals surface area (Å²) >= 11 is 0. The van der Waals surface area contributed by atoms with Gasteiger partial charge < -0.3 is 20.7 Å². The molecule has 0 saturated heterocycles. The van der Waals surface area contributed by atoms with Crippen molar-refractivity contribution in [1.29, 1.82) is 0 Å². The molecule has 5 heteroatoms. The van der Waals surface area contributed by atoms with E-state index in [4.69, 9.17) is 20.7 Å². The van der Waals surface area contributed by atoms with E-state index in [1.807, 2.05) is 0 Å². The minimum absolute atomic E-state index is 0.142. The number of carbonyl (C=O) groups is 1. The molecule has 0 aliphatic rings. The number of hydrogen-bond donors (Lipinski definition) is 3. The molecule has 0 aliphatic carbocycles. The van der Waals surface area contributed by atoms with Gasteiger partial charge in [0, 0.05) is 6.42 Å². The molecule has 0 atom stereocenters. The van der Waals surface area contributed by atoms with Crippen molar-refractivity contribution in [3.05, 3.63) is 0 Å². The van der Waals surface area contributed by atoms with Gasteiger partial charge in [0.05, 0.1) is 18.8 Å². The molecular weight excluding hydrogens is 318 g/mol. The molecule has 0 rings (SSSR count). The molecular formula is C20H41NO4. The lowest BCUT2D eigenvalue weighted by molar-refractivity contribution is -0.146. The molecule has 0 amide bonds. The third-order valence-electron chi connectivity index (χ3n) is 4.63. The Morgan fingerprint density at radius 2 is 1.20 bits per heavy atom. The standard InChI is InChI=1S/C20H41NO4/c1-2-3-4-5-6-7-8-9-10-11-12-13-14-15-19(24)25-18-20(21,16-22)17-23/h22-23H,2-18,21H2,1H3. The number of rotatable bonds is 18. The van der Waals surface area contributed by atoms with Crippen LogP contribution in [0.25, 0.3) is 0 Å². The zero-order valence-electron chi connectivity index (χ0n) is 16.3. The molecule has 0 aromatic rings. The highest BCUT2D eigenvalue weighted by Gasteiger charge is 2.25. The molecule has 0 heterocycles. The molecule has 25 heavy (non-hydrogen) atoms. The summed E-state index contributed by atoms with van der Waals surface area (Å²) in [5.41, 5.74) is 4.41. The minimum atomic E-state index is -1.23. The van der Waals surface area contributed by atoms with Crippen molar-refractivity contribution >= 4 is 5.97 Å². The van der Waals surface area contributed by atoms with Crippen molar-refractivity contribution in [3.63, 3.8) is 0 Å². The Bertz CT molecular complexity index is 306. The number of ether oxygens (including phenoxy) is 1. The number of unbranched alkanes of at least 4 members (excludes halogenated alkanes) is 12. The van der Waals surface area contributed by atoms with Gasteiger partial charge in [-0.1, -0.05) is 84.0 Å². The third-order valence-corrected chi connectivity index (χ3v) is 4.63. The number of esters is 1. The highest BCUT2D eigenvalue weighted by molar-refractivity contribution is 5.69. The molecule has 0 spiro atoms. The monoisotopic (exact) mass is 359 g/mol. The lowest BCUT2D eigenvalue weighted by Gasteiger charge is -2.23. The predicted octanol–water partition coefficient (Wildman–Crippen LogP) is 3.69. The van der Waals surface area contributed by atoms with Crippen LogP contribution < -0.4 is 5.73 Å². The van der Waals surface area contributed by atoms with Crippen molar-refractivity contribution in [2.75, 3.05) is 19.8 Å². The largest absolute Gasteiger partial charge is 0.464 e. The summed E-state index contributed by atoms with van der Waals surface area (Å²) in [6, 6.07) is 0. The first kappa shape index (κ1) is 24.4. The molecule has 0 radical (unpaired) electrons. The Hall–Kier alpha value is -0.650. The first-order valence-corrected chi connectivity index (χ1v) is 10.2. The zero-order chi connectivity index (χ0) is 18.8. The van der Waals surface area contributed by atoms with Crippen LogP contribution >= 0.6 is 0 Å². The fourth-order valence-corrected chi connectivity index (χ4v) is 2.72. The molecule has 150 valence electrons. The molecule has 0 aromatic heterocycles. The SMILES string of the molecule is CCCCCCCCCCCCCCCC(=O)OCC(N)(CO)CO. The van der Waals surface area contributed by atoms with Gasteiger partial charge in [-0.3, -0.25) is 4.79 Å². The van der Waals surface area contributed by atoms with Crippen molar-refractivity contribution in [3.8, 4) is 0 Å². The van der Waals surface area contributed by atoms with E-state index in [9.17, 15) is 4.79 Å². The van der Waals surface area contributed by atoms with Gasteiger partial charge in [-0.15, -0.1) is 0 Å². The summed E-state index contributed by atoms with van der Waals surface area (Å²) in [6.07, 6.45) is 16.9. The molecule has 4 N–H and O–H groups in total. The van der Waals surface area contributed by atoms with Gasteiger partial charge in [-0.2, -0.15) is 0 Å². The maximum Gasteiger partial charge on any atom is 0.305 e. The number of carbonyl (C=O) groups excluding carboxylic acids is 1. The first-order valence-electron chi connectivity index (χ1n) is 10.2. The maximum absolute atomic E-state index is 11.6. The summed E-state index contributed by atoms with van der Waals surface area (Å²) in [5.74, 6) is -0.306. The summed E-state index contributed by atoms with van der Waals surface area (Å²) in [7, 11) is 0. The molecule has 0 unspecified atom stereocenters. The number of aliphatic hydroxyl groups excluding tert-OH is 2. The summed E-state index contributed by atoms with van der Waals surface area (Å²) in [6.45, 7) is 1.30. The first-order chi connectivity index (χ1) is 12.1. The summed E-state index contributed by atoms with van der Waals surface area (Å²) in [5, 5.41) is 18.0. The Labute approximate surface area is 154 Å². The van der Waals surface area contributed by atoms with Gasteiger partial charge in [0.25, 0.3) is 0 Å². The van der Waals surface area contributed by atoms with E-state index in [1.165, 1.54) is 64.2 Å². The number of nitrogens with two attached hydrogens (primary N) is 1. The normalized spacial score (nSPS) is 11.7. The molecule has 0 bridgehead atoms. The lowest BCUT2D eigenvalue weighted by Crippen LogP contribution is -2.51. The predicted molar refractivity (Wildman–Crippen MR) is 102 cm³/mol. The second-order valence-corrected chi connectivity index (χ2v) is 7.33. The van der Waals surface area contributed by atoms with Crippen LogP contribution in [0.5, 0.6) is 0 Å². The Kier molecular flexibility index (Phi) is 16.4. The fraction of sp³-hybridized carbons (Fsp3) is 0.950. The van der Waals surface area contributed by atoms with E-state index in [0.29, 0.717) is 6.42 Å². The average molecular weight is 360 g/mol. The van der Waals surface area contributed by atoms with E-state index in [1.54, 1.807) is 0 Å². The zero-order valence-corrected chi connectivity index (χ0v) is 16.3. The lowest BCUT2D eigenvalue weighted by atomic mass is 10.0. The maximum atomic E-state index is 11.6. The van der Waals surface area contributed by atoms with Crippen LogP contribution in [-0.4, -0.2) is 41.5 Å². The van der Waals surface area contributed by atoms with E-state index in [2.05, 4.69) is 6.92 Å².